The maximum Gasteiger partial charge on any atom is 0.271 e. The first-order valence-corrected chi connectivity index (χ1v) is 7.77. The maximum absolute atomic E-state index is 11.8. The molecule has 1 aromatic carbocycles. The second kappa shape index (κ2) is 5.94. The monoisotopic (exact) mass is 309 g/mol. The highest BCUT2D eigenvalue weighted by Gasteiger charge is 2.11. The topological polar surface area (TPSA) is 133 Å². The first-order chi connectivity index (χ1) is 9.85. The van der Waals surface area contributed by atoms with Gasteiger partial charge in [0, 0.05) is 18.4 Å². The Hall–Kier alpha value is -2.39. The minimum absolute atomic E-state index is 0.0631. The predicted octanol–water partition coefficient (Wildman–Crippen LogP) is -0.527. The van der Waals surface area contributed by atoms with E-state index in [2.05, 4.69) is 10.4 Å². The van der Waals surface area contributed by atoms with Gasteiger partial charge in [0.15, 0.2) is 5.69 Å². The Morgan fingerprint density at radius 2 is 1.90 bits per heavy atom. The molecule has 0 unspecified atom stereocenters. The molecule has 9 heteroatoms. The molecule has 8 nitrogen and oxygen atoms in total. The fourth-order valence-electron chi connectivity index (χ4n) is 1.61. The molecule has 5 N–H and O–H groups in total. The third-order valence-electron chi connectivity index (χ3n) is 2.65. The van der Waals surface area contributed by atoms with E-state index in [0.717, 1.165) is 5.69 Å². The summed E-state index contributed by atoms with van der Waals surface area (Å²) in [5.74, 6) is -0.787. The molecule has 2 aromatic rings. The van der Waals surface area contributed by atoms with Gasteiger partial charge in [0.2, 0.25) is 10.0 Å². The Balaban J connectivity index is 2.02. The van der Waals surface area contributed by atoms with Crippen molar-refractivity contribution < 1.29 is 13.2 Å². The van der Waals surface area contributed by atoms with E-state index in [1.165, 1.54) is 10.7 Å². The van der Waals surface area contributed by atoms with Crippen molar-refractivity contribution in [3.8, 4) is 5.69 Å². The van der Waals surface area contributed by atoms with Crippen LogP contribution in [-0.4, -0.2) is 36.4 Å². The second-order valence-electron chi connectivity index (χ2n) is 4.36. The van der Waals surface area contributed by atoms with Gasteiger partial charge >= 0.3 is 0 Å². The lowest BCUT2D eigenvalue weighted by molar-refractivity contribution is 0.0950. The van der Waals surface area contributed by atoms with E-state index in [0.29, 0.717) is 5.69 Å². The van der Waals surface area contributed by atoms with Crippen LogP contribution in [0.25, 0.3) is 5.69 Å². The first-order valence-electron chi connectivity index (χ1n) is 6.05. The van der Waals surface area contributed by atoms with Crippen molar-refractivity contribution in [3.05, 3.63) is 42.2 Å². The molecule has 0 radical (unpaired) electrons. The summed E-state index contributed by atoms with van der Waals surface area (Å²) in [6.45, 7) is -0.0631. The Labute approximate surface area is 121 Å². The molecule has 0 saturated heterocycles. The lowest BCUT2D eigenvalue weighted by Gasteiger charge is -2.03. The quantitative estimate of drug-likeness (QED) is 0.639. The number of carbonyl (C=O) groups is 1. The number of nitrogens with zero attached hydrogens (tertiary/aromatic N) is 2. The zero-order valence-electron chi connectivity index (χ0n) is 11.1. The van der Waals surface area contributed by atoms with E-state index in [4.69, 9.17) is 10.9 Å². The number of hydrogen-bond donors (Lipinski definition) is 3. The van der Waals surface area contributed by atoms with Gasteiger partial charge in [0.25, 0.3) is 5.91 Å². The number of rotatable bonds is 5. The van der Waals surface area contributed by atoms with E-state index in [1.807, 2.05) is 0 Å². The van der Waals surface area contributed by atoms with Gasteiger partial charge in [-0.05, 0) is 30.3 Å². The molecule has 0 bridgehead atoms. The van der Waals surface area contributed by atoms with Gasteiger partial charge in [0.1, 0.15) is 0 Å². The van der Waals surface area contributed by atoms with Crippen LogP contribution in [0.2, 0.25) is 0 Å². The lowest BCUT2D eigenvalue weighted by Crippen LogP contribution is -2.31. The smallest absolute Gasteiger partial charge is 0.271 e. The summed E-state index contributed by atoms with van der Waals surface area (Å²) in [6.07, 6.45) is 1.63. The van der Waals surface area contributed by atoms with Crippen LogP contribution in [0.3, 0.4) is 0 Å². The van der Waals surface area contributed by atoms with Crippen molar-refractivity contribution in [1.82, 2.24) is 15.1 Å². The Morgan fingerprint density at radius 1 is 1.24 bits per heavy atom. The Morgan fingerprint density at radius 3 is 2.52 bits per heavy atom. The van der Waals surface area contributed by atoms with Gasteiger partial charge in [-0.25, -0.2) is 18.2 Å². The average Bonchev–Trinajstić information content (AvgIpc) is 2.87. The maximum atomic E-state index is 11.8. The third-order valence-corrected chi connectivity index (χ3v) is 3.42. The van der Waals surface area contributed by atoms with Gasteiger partial charge in [-0.15, -0.1) is 0 Å². The summed E-state index contributed by atoms with van der Waals surface area (Å²) < 4.78 is 23.0. The molecule has 0 spiro atoms. The predicted molar refractivity (Wildman–Crippen MR) is 78.3 cm³/mol. The average molecular weight is 309 g/mol. The summed E-state index contributed by atoms with van der Waals surface area (Å²) in [5, 5.41) is 11.4. The zero-order chi connectivity index (χ0) is 15.5. The summed E-state index contributed by atoms with van der Waals surface area (Å²) in [7, 11) is -3.60. The highest BCUT2D eigenvalue weighted by molar-refractivity contribution is 7.89. The number of sulfonamides is 1. The van der Waals surface area contributed by atoms with Crippen molar-refractivity contribution in [1.29, 1.82) is 0 Å². The van der Waals surface area contributed by atoms with Gasteiger partial charge < -0.3 is 11.1 Å². The number of nitrogens with one attached hydrogen (secondary N) is 1. The summed E-state index contributed by atoms with van der Waals surface area (Å²) >= 11 is 0. The molecule has 1 heterocycles. The molecule has 0 aliphatic carbocycles. The van der Waals surface area contributed by atoms with E-state index >= 15 is 0 Å². The van der Waals surface area contributed by atoms with E-state index in [-0.39, 0.29) is 18.0 Å². The fraction of sp³-hybridized carbons (Fsp3) is 0.167. The van der Waals surface area contributed by atoms with Crippen molar-refractivity contribution in [3.63, 3.8) is 0 Å². The second-order valence-corrected chi connectivity index (χ2v) is 6.09. The number of primary sulfonamides is 1. The number of anilines is 1. The number of benzene rings is 1. The Bertz CT molecular complexity index is 737. The molecule has 1 aromatic heterocycles. The number of hydrogen-bond acceptors (Lipinski definition) is 5. The molecule has 0 fully saturated rings. The molecule has 0 aliphatic heterocycles. The van der Waals surface area contributed by atoms with Crippen LogP contribution < -0.4 is 16.2 Å². The number of nitrogens with two attached hydrogens (primary N) is 2. The van der Waals surface area contributed by atoms with Crippen molar-refractivity contribution >= 4 is 21.6 Å². The first kappa shape index (κ1) is 15.0. The summed E-state index contributed by atoms with van der Waals surface area (Å²) in [4.78, 5) is 11.8. The number of carbonyl (C=O) groups excluding carboxylic acids is 1. The van der Waals surface area contributed by atoms with Crippen LogP contribution in [0.1, 0.15) is 10.5 Å². The van der Waals surface area contributed by atoms with Crippen LogP contribution in [0.15, 0.2) is 36.5 Å². The third kappa shape index (κ3) is 4.29. The minimum Gasteiger partial charge on any atom is -0.399 e. The largest absolute Gasteiger partial charge is 0.399 e. The van der Waals surface area contributed by atoms with Gasteiger partial charge in [-0.2, -0.15) is 5.10 Å². The number of nitrogen functional groups attached to an aromatic ring is 1. The highest BCUT2D eigenvalue weighted by Crippen LogP contribution is 2.10. The van der Waals surface area contributed by atoms with Crippen LogP contribution in [-0.2, 0) is 10.0 Å². The van der Waals surface area contributed by atoms with Gasteiger partial charge in [-0.3, -0.25) is 4.79 Å². The van der Waals surface area contributed by atoms with E-state index in [9.17, 15) is 13.2 Å². The van der Waals surface area contributed by atoms with Gasteiger partial charge in [0.05, 0.1) is 11.4 Å². The molecule has 21 heavy (non-hydrogen) atoms. The van der Waals surface area contributed by atoms with E-state index < -0.39 is 15.9 Å². The van der Waals surface area contributed by atoms with Crippen LogP contribution >= 0.6 is 0 Å². The minimum atomic E-state index is -3.60. The van der Waals surface area contributed by atoms with Crippen molar-refractivity contribution in [2.75, 3.05) is 18.0 Å². The Kier molecular flexibility index (Phi) is 4.24. The molecular formula is C12H15N5O3S. The van der Waals surface area contributed by atoms with Crippen molar-refractivity contribution in [2.24, 2.45) is 5.14 Å². The highest BCUT2D eigenvalue weighted by atomic mass is 32.2. The number of amides is 1. The molecule has 0 saturated carbocycles. The lowest BCUT2D eigenvalue weighted by atomic mass is 10.3. The SMILES string of the molecule is Nc1ccc(-n2ccc(C(=O)NCCS(N)(=O)=O)n2)cc1. The van der Waals surface area contributed by atoms with Crippen LogP contribution in [0.5, 0.6) is 0 Å². The normalized spacial score (nSPS) is 11.3. The standard InChI is InChI=1S/C12H15N5O3S/c13-9-1-3-10(4-2-9)17-7-5-11(16-17)12(18)15-6-8-21(14,19)20/h1-5,7H,6,8,13H2,(H,15,18)(H2,14,19,20). The van der Waals surface area contributed by atoms with Gasteiger partial charge in [-0.1, -0.05) is 0 Å². The molecule has 112 valence electrons. The van der Waals surface area contributed by atoms with Crippen LogP contribution in [0.4, 0.5) is 5.69 Å². The summed E-state index contributed by atoms with van der Waals surface area (Å²) in [6, 6.07) is 8.52. The molecular weight excluding hydrogens is 294 g/mol. The fourth-order valence-corrected chi connectivity index (χ4v) is 2.00. The van der Waals surface area contributed by atoms with Crippen molar-refractivity contribution in [2.45, 2.75) is 0 Å². The summed E-state index contributed by atoms with van der Waals surface area (Å²) in [5.41, 5.74) is 7.17. The van der Waals surface area contributed by atoms with E-state index in [1.54, 1.807) is 30.5 Å². The molecule has 0 aliphatic rings. The molecule has 1 amide bonds. The zero-order valence-corrected chi connectivity index (χ0v) is 11.9. The van der Waals surface area contributed by atoms with Crippen LogP contribution in [0, 0.1) is 0 Å². The number of aromatic nitrogens is 2. The molecule has 2 rings (SSSR count). The molecule has 0 atom stereocenters.